The zero-order valence-corrected chi connectivity index (χ0v) is 13.9. The van der Waals surface area contributed by atoms with Crippen molar-refractivity contribution < 1.29 is 9.59 Å². The summed E-state index contributed by atoms with van der Waals surface area (Å²) in [6.45, 7) is 2.39. The monoisotopic (exact) mass is 338 g/mol. The molecule has 1 unspecified atom stereocenters. The predicted molar refractivity (Wildman–Crippen MR) is 92.0 cm³/mol. The number of benzene rings is 1. The normalized spacial score (nSPS) is 11.4. The quantitative estimate of drug-likeness (QED) is 0.795. The lowest BCUT2D eigenvalue weighted by Gasteiger charge is -2.10. The molecule has 1 amide bonds. The number of ketones is 1. The van der Waals surface area contributed by atoms with Gasteiger partial charge in [-0.15, -0.1) is 23.7 Å². The van der Waals surface area contributed by atoms with Crippen molar-refractivity contribution in [2.24, 2.45) is 5.73 Å². The number of halogens is 1. The third kappa shape index (κ3) is 4.66. The van der Waals surface area contributed by atoms with E-state index in [0.717, 1.165) is 0 Å². The molecule has 0 bridgehead atoms. The summed E-state index contributed by atoms with van der Waals surface area (Å²) in [6, 6.07) is 10.5. The number of amides is 1. The van der Waals surface area contributed by atoms with Crippen molar-refractivity contribution >= 4 is 35.4 Å². The largest absolute Gasteiger partial charge is 0.352 e. The molecule has 6 heteroatoms. The van der Waals surface area contributed by atoms with E-state index in [1.54, 1.807) is 30.3 Å². The number of nitrogens with one attached hydrogen (secondary N) is 1. The van der Waals surface area contributed by atoms with Crippen LogP contribution in [0.4, 0.5) is 0 Å². The lowest BCUT2D eigenvalue weighted by molar-refractivity contribution is 0.0941. The molecule has 4 nitrogen and oxygen atoms in total. The van der Waals surface area contributed by atoms with Crippen LogP contribution < -0.4 is 11.1 Å². The summed E-state index contributed by atoms with van der Waals surface area (Å²) in [7, 11) is 0. The maximum Gasteiger partial charge on any atom is 0.252 e. The Balaban J connectivity index is 0.00000242. The number of carbonyl (C=O) groups is 2. The highest BCUT2D eigenvalue weighted by atomic mass is 35.5. The molecule has 1 aromatic carbocycles. The first-order chi connectivity index (χ1) is 10.1. The first kappa shape index (κ1) is 18.4. The molecule has 0 spiro atoms. The minimum atomic E-state index is -0.240. The molecule has 0 radical (unpaired) electrons. The lowest BCUT2D eigenvalue weighted by Crippen LogP contribution is -2.30. The molecule has 0 aliphatic carbocycles. The summed E-state index contributed by atoms with van der Waals surface area (Å²) in [4.78, 5) is 25.3. The summed E-state index contributed by atoms with van der Waals surface area (Å²) in [5.41, 5.74) is 6.49. The number of carbonyl (C=O) groups excluding carboxylic acids is 2. The Labute approximate surface area is 140 Å². The second kappa shape index (κ2) is 8.68. The van der Waals surface area contributed by atoms with Gasteiger partial charge in [0.1, 0.15) is 0 Å². The van der Waals surface area contributed by atoms with Crippen LogP contribution in [0.5, 0.6) is 0 Å². The van der Waals surface area contributed by atoms with Gasteiger partial charge in [-0.3, -0.25) is 9.59 Å². The van der Waals surface area contributed by atoms with Gasteiger partial charge in [-0.1, -0.05) is 24.3 Å². The van der Waals surface area contributed by atoms with Crippen LogP contribution in [0.3, 0.4) is 0 Å². The summed E-state index contributed by atoms with van der Waals surface area (Å²) < 4.78 is 0. The third-order valence-electron chi connectivity index (χ3n) is 3.05. The van der Waals surface area contributed by atoms with Gasteiger partial charge in [0.05, 0.1) is 10.4 Å². The van der Waals surface area contributed by atoms with Gasteiger partial charge in [0.25, 0.3) is 5.91 Å². The van der Waals surface area contributed by atoms with Crippen LogP contribution >= 0.6 is 23.7 Å². The van der Waals surface area contributed by atoms with E-state index < -0.39 is 0 Å². The van der Waals surface area contributed by atoms with E-state index >= 15 is 0 Å². The van der Waals surface area contributed by atoms with Gasteiger partial charge in [0, 0.05) is 18.2 Å². The highest BCUT2D eigenvalue weighted by molar-refractivity contribution is 7.12. The maximum atomic E-state index is 12.4. The Bertz CT molecular complexity index is 627. The predicted octanol–water partition coefficient (Wildman–Crippen LogP) is 2.87. The topological polar surface area (TPSA) is 72.2 Å². The average Bonchev–Trinajstić information content (AvgIpc) is 3.00. The number of hydrogen-bond acceptors (Lipinski definition) is 4. The van der Waals surface area contributed by atoms with Crippen molar-refractivity contribution in [2.45, 2.75) is 19.4 Å². The second-order valence-electron chi connectivity index (χ2n) is 4.87. The van der Waals surface area contributed by atoms with Crippen molar-refractivity contribution in [1.82, 2.24) is 5.32 Å². The van der Waals surface area contributed by atoms with Crippen LogP contribution in [0.2, 0.25) is 0 Å². The average molecular weight is 339 g/mol. The van der Waals surface area contributed by atoms with Gasteiger partial charge in [0.2, 0.25) is 5.78 Å². The molecule has 0 aliphatic heterocycles. The molecule has 0 saturated heterocycles. The van der Waals surface area contributed by atoms with Crippen LogP contribution in [0, 0.1) is 0 Å². The maximum absolute atomic E-state index is 12.4. The standard InChI is InChI=1S/C16H18N2O2S.ClH/c1-11(17)8-9-18-16(20)13-6-3-2-5-12(13)15(19)14-7-4-10-21-14;/h2-7,10-11H,8-9,17H2,1H3,(H,18,20);1H. The van der Waals surface area contributed by atoms with Crippen LogP contribution in [0.15, 0.2) is 41.8 Å². The Hall–Kier alpha value is -1.69. The van der Waals surface area contributed by atoms with Gasteiger partial charge in [0.15, 0.2) is 0 Å². The third-order valence-corrected chi connectivity index (χ3v) is 3.92. The summed E-state index contributed by atoms with van der Waals surface area (Å²) in [5, 5.41) is 4.65. The van der Waals surface area contributed by atoms with E-state index in [9.17, 15) is 9.59 Å². The molecule has 2 aromatic rings. The summed E-state index contributed by atoms with van der Waals surface area (Å²) in [6.07, 6.45) is 0.701. The molecule has 0 saturated carbocycles. The fraction of sp³-hybridized carbons (Fsp3) is 0.250. The Kier molecular flexibility index (Phi) is 7.24. The highest BCUT2D eigenvalue weighted by Gasteiger charge is 2.18. The molecule has 0 aliphatic rings. The van der Waals surface area contributed by atoms with E-state index in [2.05, 4.69) is 5.32 Å². The molecular formula is C16H19ClN2O2S. The van der Waals surface area contributed by atoms with Gasteiger partial charge >= 0.3 is 0 Å². The summed E-state index contributed by atoms with van der Waals surface area (Å²) >= 11 is 1.37. The van der Waals surface area contributed by atoms with Crippen LogP contribution in [0.25, 0.3) is 0 Å². The molecule has 3 N–H and O–H groups in total. The molecule has 1 aromatic heterocycles. The van der Waals surface area contributed by atoms with E-state index in [1.165, 1.54) is 11.3 Å². The fourth-order valence-corrected chi connectivity index (χ4v) is 2.61. The SMILES string of the molecule is CC(N)CCNC(=O)c1ccccc1C(=O)c1cccs1.Cl. The molecule has 1 atom stereocenters. The van der Waals surface area contributed by atoms with Gasteiger partial charge < -0.3 is 11.1 Å². The van der Waals surface area contributed by atoms with Gasteiger partial charge in [-0.2, -0.15) is 0 Å². The van der Waals surface area contributed by atoms with Crippen LogP contribution in [-0.2, 0) is 0 Å². The van der Waals surface area contributed by atoms with E-state index in [0.29, 0.717) is 29.0 Å². The number of thiophene rings is 1. The minimum absolute atomic E-state index is 0. The molecule has 22 heavy (non-hydrogen) atoms. The van der Waals surface area contributed by atoms with Crippen molar-refractivity contribution in [3.63, 3.8) is 0 Å². The second-order valence-corrected chi connectivity index (χ2v) is 5.82. The van der Waals surface area contributed by atoms with E-state index in [4.69, 9.17) is 5.73 Å². The van der Waals surface area contributed by atoms with Crippen molar-refractivity contribution in [1.29, 1.82) is 0 Å². The van der Waals surface area contributed by atoms with Crippen LogP contribution in [-0.4, -0.2) is 24.3 Å². The van der Waals surface area contributed by atoms with Crippen molar-refractivity contribution in [3.05, 3.63) is 57.8 Å². The molecule has 0 fully saturated rings. The number of rotatable bonds is 6. The highest BCUT2D eigenvalue weighted by Crippen LogP contribution is 2.18. The first-order valence-electron chi connectivity index (χ1n) is 6.80. The number of hydrogen-bond donors (Lipinski definition) is 2. The number of nitrogens with two attached hydrogens (primary N) is 1. The molecule has 118 valence electrons. The van der Waals surface area contributed by atoms with Crippen LogP contribution in [0.1, 0.15) is 38.9 Å². The fourth-order valence-electron chi connectivity index (χ4n) is 1.93. The van der Waals surface area contributed by atoms with Gasteiger partial charge in [-0.05, 0) is 30.9 Å². The molecule has 2 rings (SSSR count). The first-order valence-corrected chi connectivity index (χ1v) is 7.68. The van der Waals surface area contributed by atoms with E-state index in [-0.39, 0.29) is 30.1 Å². The lowest BCUT2D eigenvalue weighted by atomic mass is 10.0. The molecule has 1 heterocycles. The van der Waals surface area contributed by atoms with Crippen molar-refractivity contribution in [3.8, 4) is 0 Å². The zero-order chi connectivity index (χ0) is 15.2. The molecular weight excluding hydrogens is 320 g/mol. The van der Waals surface area contributed by atoms with Gasteiger partial charge in [-0.25, -0.2) is 0 Å². The van der Waals surface area contributed by atoms with E-state index in [1.807, 2.05) is 18.4 Å². The smallest absolute Gasteiger partial charge is 0.252 e. The minimum Gasteiger partial charge on any atom is -0.352 e. The Morgan fingerprint density at radius 3 is 2.45 bits per heavy atom. The Morgan fingerprint density at radius 1 is 1.18 bits per heavy atom. The summed E-state index contributed by atoms with van der Waals surface area (Å²) in [5.74, 6) is -0.362. The Morgan fingerprint density at radius 2 is 1.86 bits per heavy atom. The van der Waals surface area contributed by atoms with Crippen molar-refractivity contribution in [2.75, 3.05) is 6.54 Å². The zero-order valence-electron chi connectivity index (χ0n) is 12.2.